The fourth-order valence-corrected chi connectivity index (χ4v) is 1.48. The van der Waals surface area contributed by atoms with Crippen LogP contribution in [0.1, 0.15) is 5.56 Å². The molecule has 62 valence electrons. The molecule has 0 aromatic heterocycles. The van der Waals surface area contributed by atoms with E-state index in [1.165, 1.54) is 24.3 Å². The van der Waals surface area contributed by atoms with Gasteiger partial charge in [-0.25, -0.2) is 8.42 Å². The maximum atomic E-state index is 10.7. The highest BCUT2D eigenvalue weighted by molar-refractivity contribution is 8.13. The minimum atomic E-state index is -3.62. The van der Waals surface area contributed by atoms with Crippen molar-refractivity contribution >= 4 is 19.7 Å². The van der Waals surface area contributed by atoms with Crippen LogP contribution in [-0.2, 0) is 9.05 Å². The number of halogens is 1. The van der Waals surface area contributed by atoms with Gasteiger partial charge in [0.15, 0.2) is 0 Å². The summed E-state index contributed by atoms with van der Waals surface area (Å²) in [5.74, 6) is 2.37. The van der Waals surface area contributed by atoms with E-state index in [1.807, 2.05) is 0 Å². The molecule has 12 heavy (non-hydrogen) atoms. The van der Waals surface area contributed by atoms with Gasteiger partial charge < -0.3 is 0 Å². The van der Waals surface area contributed by atoms with Crippen molar-refractivity contribution < 1.29 is 8.42 Å². The van der Waals surface area contributed by atoms with Crippen LogP contribution in [0.15, 0.2) is 29.2 Å². The Bertz CT molecular complexity index is 411. The lowest BCUT2D eigenvalue weighted by Gasteiger charge is -1.94. The summed E-state index contributed by atoms with van der Waals surface area (Å²) in [6.45, 7) is 0. The zero-order valence-corrected chi connectivity index (χ0v) is 7.56. The average molecular weight is 201 g/mol. The Hall–Kier alpha value is -0.980. The zero-order valence-electron chi connectivity index (χ0n) is 5.99. The molecule has 0 unspecified atom stereocenters. The molecule has 1 aromatic rings. The molecule has 0 aliphatic heterocycles. The molecule has 0 saturated heterocycles. The molecular weight excluding hydrogens is 196 g/mol. The van der Waals surface area contributed by atoms with Gasteiger partial charge in [0, 0.05) is 16.2 Å². The van der Waals surface area contributed by atoms with Crippen molar-refractivity contribution in [1.82, 2.24) is 0 Å². The topological polar surface area (TPSA) is 34.1 Å². The highest BCUT2D eigenvalue weighted by Crippen LogP contribution is 2.14. The molecule has 0 radical (unpaired) electrons. The van der Waals surface area contributed by atoms with E-state index < -0.39 is 9.05 Å². The van der Waals surface area contributed by atoms with Crippen LogP contribution >= 0.6 is 10.7 Å². The van der Waals surface area contributed by atoms with E-state index in [4.69, 9.17) is 17.1 Å². The van der Waals surface area contributed by atoms with Gasteiger partial charge in [-0.3, -0.25) is 0 Å². The van der Waals surface area contributed by atoms with Crippen LogP contribution in [0.25, 0.3) is 0 Å². The third kappa shape index (κ3) is 2.00. The van der Waals surface area contributed by atoms with Crippen molar-refractivity contribution in [3.05, 3.63) is 29.8 Å². The van der Waals surface area contributed by atoms with E-state index in [0.29, 0.717) is 5.56 Å². The molecule has 0 aliphatic rings. The predicted octanol–water partition coefficient (Wildman–Crippen LogP) is 1.60. The van der Waals surface area contributed by atoms with E-state index in [2.05, 4.69) is 5.92 Å². The van der Waals surface area contributed by atoms with Crippen molar-refractivity contribution in [2.75, 3.05) is 0 Å². The third-order valence-electron chi connectivity index (χ3n) is 1.30. The molecule has 0 fully saturated rings. The predicted molar refractivity (Wildman–Crippen MR) is 47.4 cm³/mol. The second-order valence-electron chi connectivity index (χ2n) is 2.11. The van der Waals surface area contributed by atoms with E-state index in [9.17, 15) is 8.42 Å². The highest BCUT2D eigenvalue weighted by atomic mass is 35.7. The van der Waals surface area contributed by atoms with Crippen molar-refractivity contribution in [2.45, 2.75) is 4.90 Å². The lowest BCUT2D eigenvalue weighted by molar-refractivity contribution is 0.609. The van der Waals surface area contributed by atoms with Crippen molar-refractivity contribution in [3.63, 3.8) is 0 Å². The number of hydrogen-bond donors (Lipinski definition) is 0. The Morgan fingerprint density at radius 2 is 1.75 bits per heavy atom. The zero-order chi connectivity index (χ0) is 9.19. The first-order valence-corrected chi connectivity index (χ1v) is 5.36. The van der Waals surface area contributed by atoms with Gasteiger partial charge in [0.05, 0.1) is 4.90 Å². The van der Waals surface area contributed by atoms with Gasteiger partial charge in [-0.1, -0.05) is 5.92 Å². The number of rotatable bonds is 1. The Kier molecular flexibility index (Phi) is 2.41. The van der Waals surface area contributed by atoms with E-state index >= 15 is 0 Å². The van der Waals surface area contributed by atoms with Gasteiger partial charge in [0.2, 0.25) is 0 Å². The minimum absolute atomic E-state index is 0.0585. The number of hydrogen-bond acceptors (Lipinski definition) is 2. The summed E-state index contributed by atoms with van der Waals surface area (Å²) in [5, 5.41) is 0. The van der Waals surface area contributed by atoms with Gasteiger partial charge in [0.1, 0.15) is 0 Å². The molecule has 0 spiro atoms. The first-order valence-electron chi connectivity index (χ1n) is 3.05. The lowest BCUT2D eigenvalue weighted by Crippen LogP contribution is -1.89. The summed E-state index contributed by atoms with van der Waals surface area (Å²) in [7, 11) is 1.45. The summed E-state index contributed by atoms with van der Waals surface area (Å²) >= 11 is 0. The molecule has 0 heterocycles. The largest absolute Gasteiger partial charge is 0.261 e. The molecule has 0 aliphatic carbocycles. The maximum Gasteiger partial charge on any atom is 0.261 e. The Morgan fingerprint density at radius 1 is 1.25 bits per heavy atom. The van der Waals surface area contributed by atoms with E-state index in [1.54, 1.807) is 0 Å². The summed E-state index contributed by atoms with van der Waals surface area (Å²) < 4.78 is 21.5. The monoisotopic (exact) mass is 200 g/mol. The fraction of sp³-hybridized carbons (Fsp3) is 0. The molecule has 0 bridgehead atoms. The van der Waals surface area contributed by atoms with Gasteiger partial charge in [0.25, 0.3) is 9.05 Å². The summed E-state index contributed by atoms with van der Waals surface area (Å²) in [4.78, 5) is 0.0585. The SMILES string of the molecule is C#Cc1ccc(S(=O)(=O)Cl)cc1. The Morgan fingerprint density at radius 3 is 2.08 bits per heavy atom. The molecule has 0 atom stereocenters. The highest BCUT2D eigenvalue weighted by Gasteiger charge is 2.07. The lowest BCUT2D eigenvalue weighted by atomic mass is 10.2. The summed E-state index contributed by atoms with van der Waals surface area (Å²) in [5.41, 5.74) is 0.624. The van der Waals surface area contributed by atoms with Crippen LogP contribution in [0.4, 0.5) is 0 Å². The molecule has 0 saturated carbocycles. The molecular formula is C8H5ClO2S. The summed E-state index contributed by atoms with van der Waals surface area (Å²) in [6, 6.07) is 5.79. The van der Waals surface area contributed by atoms with Crippen LogP contribution in [-0.4, -0.2) is 8.42 Å². The third-order valence-corrected chi connectivity index (χ3v) is 2.67. The van der Waals surface area contributed by atoms with Crippen LogP contribution in [0.5, 0.6) is 0 Å². The van der Waals surface area contributed by atoms with Gasteiger partial charge in [-0.05, 0) is 24.3 Å². The van der Waals surface area contributed by atoms with Crippen LogP contribution in [0, 0.1) is 12.3 Å². The standard InChI is InChI=1S/C8H5ClO2S/c1-2-7-3-5-8(6-4-7)12(9,10)11/h1,3-6H. The first kappa shape index (κ1) is 9.11. The molecule has 1 rings (SSSR count). The van der Waals surface area contributed by atoms with Crippen LogP contribution in [0.3, 0.4) is 0 Å². The van der Waals surface area contributed by atoms with Crippen LogP contribution < -0.4 is 0 Å². The van der Waals surface area contributed by atoms with Crippen molar-refractivity contribution in [3.8, 4) is 12.3 Å². The second kappa shape index (κ2) is 3.18. The Balaban J connectivity index is 3.20. The molecule has 2 nitrogen and oxygen atoms in total. The fourth-order valence-electron chi connectivity index (χ4n) is 0.714. The normalized spacial score (nSPS) is 10.7. The van der Waals surface area contributed by atoms with Crippen molar-refractivity contribution in [1.29, 1.82) is 0 Å². The number of benzene rings is 1. The Labute approximate surface area is 75.6 Å². The minimum Gasteiger partial charge on any atom is -0.207 e. The molecule has 0 amide bonds. The van der Waals surface area contributed by atoms with Gasteiger partial charge >= 0.3 is 0 Å². The maximum absolute atomic E-state index is 10.7. The van der Waals surface area contributed by atoms with E-state index in [-0.39, 0.29) is 4.90 Å². The van der Waals surface area contributed by atoms with Gasteiger partial charge in [-0.2, -0.15) is 0 Å². The van der Waals surface area contributed by atoms with E-state index in [0.717, 1.165) is 0 Å². The number of terminal acetylenes is 1. The van der Waals surface area contributed by atoms with Crippen LogP contribution in [0.2, 0.25) is 0 Å². The second-order valence-corrected chi connectivity index (χ2v) is 4.67. The average Bonchev–Trinajstić information content (AvgIpc) is 2.03. The smallest absolute Gasteiger partial charge is 0.207 e. The molecule has 1 aromatic carbocycles. The van der Waals surface area contributed by atoms with Crippen molar-refractivity contribution in [2.24, 2.45) is 0 Å². The van der Waals surface area contributed by atoms with Gasteiger partial charge in [-0.15, -0.1) is 6.42 Å². The molecule has 0 N–H and O–H groups in total. The first-order chi connectivity index (χ1) is 5.54. The quantitative estimate of drug-likeness (QED) is 0.510. The molecule has 4 heteroatoms. The summed E-state index contributed by atoms with van der Waals surface area (Å²) in [6.07, 6.45) is 5.08.